The number of fused-ring (bicyclic) bond motifs is 1. The summed E-state index contributed by atoms with van der Waals surface area (Å²) >= 11 is 0. The number of hydrogen-bond donors (Lipinski definition) is 2. The van der Waals surface area contributed by atoms with E-state index in [-0.39, 0.29) is 12.6 Å². The molecular formula is C28H35N3O2. The van der Waals surface area contributed by atoms with Crippen LogP contribution in [0.3, 0.4) is 0 Å². The SMILES string of the molecule is OC[C@@H]1[C@@H](c2ccc(C#CC3(O)CCCC3)cc2)[C@H]2CN(Cc3ccncc3)CCCCN12. The molecule has 0 amide bonds. The summed E-state index contributed by atoms with van der Waals surface area (Å²) in [5.74, 6) is 6.62. The first-order chi connectivity index (χ1) is 16.1. The molecule has 0 spiro atoms. The van der Waals surface area contributed by atoms with Gasteiger partial charge in [-0.2, -0.15) is 0 Å². The van der Waals surface area contributed by atoms with Gasteiger partial charge in [0.05, 0.1) is 6.61 Å². The molecule has 0 bridgehead atoms. The lowest BCUT2D eigenvalue weighted by Gasteiger charge is -2.57. The van der Waals surface area contributed by atoms with Gasteiger partial charge < -0.3 is 10.2 Å². The molecular weight excluding hydrogens is 410 g/mol. The lowest BCUT2D eigenvalue weighted by atomic mass is 9.74. The van der Waals surface area contributed by atoms with Gasteiger partial charge in [-0.15, -0.1) is 0 Å². The molecule has 0 radical (unpaired) electrons. The third-order valence-electron chi connectivity index (χ3n) is 7.78. The van der Waals surface area contributed by atoms with E-state index in [2.05, 4.69) is 63.0 Å². The highest BCUT2D eigenvalue weighted by atomic mass is 16.3. The molecule has 3 atom stereocenters. The zero-order valence-corrected chi connectivity index (χ0v) is 19.4. The zero-order valence-electron chi connectivity index (χ0n) is 19.4. The Morgan fingerprint density at radius 1 is 0.970 bits per heavy atom. The van der Waals surface area contributed by atoms with Gasteiger partial charge in [-0.25, -0.2) is 0 Å². The van der Waals surface area contributed by atoms with Crippen LogP contribution in [0.1, 0.15) is 61.1 Å². The maximum Gasteiger partial charge on any atom is 0.125 e. The predicted octanol–water partition coefficient (Wildman–Crippen LogP) is 3.16. The fourth-order valence-electron chi connectivity index (χ4n) is 5.96. The maximum absolute atomic E-state index is 10.5. The number of nitrogens with zero attached hydrogens (tertiary/aromatic N) is 3. The summed E-state index contributed by atoms with van der Waals surface area (Å²) < 4.78 is 0. The Balaban J connectivity index is 1.31. The van der Waals surface area contributed by atoms with Crippen molar-refractivity contribution in [1.82, 2.24) is 14.8 Å². The first kappa shape index (κ1) is 22.6. The zero-order chi connectivity index (χ0) is 22.7. The summed E-state index contributed by atoms with van der Waals surface area (Å²) in [4.78, 5) is 9.24. The smallest absolute Gasteiger partial charge is 0.125 e. The molecule has 33 heavy (non-hydrogen) atoms. The molecule has 3 fully saturated rings. The first-order valence-electron chi connectivity index (χ1n) is 12.5. The van der Waals surface area contributed by atoms with Gasteiger partial charge >= 0.3 is 0 Å². The number of aromatic nitrogens is 1. The maximum atomic E-state index is 10.5. The van der Waals surface area contributed by atoms with Gasteiger partial charge in [-0.3, -0.25) is 14.8 Å². The Bertz CT molecular complexity index is 976. The van der Waals surface area contributed by atoms with Gasteiger partial charge in [0.25, 0.3) is 0 Å². The van der Waals surface area contributed by atoms with Crippen LogP contribution in [0.5, 0.6) is 0 Å². The van der Waals surface area contributed by atoms with Crippen LogP contribution in [0.15, 0.2) is 48.8 Å². The molecule has 1 saturated carbocycles. The molecule has 2 N–H and O–H groups in total. The predicted molar refractivity (Wildman–Crippen MR) is 130 cm³/mol. The van der Waals surface area contributed by atoms with Gasteiger partial charge in [0.2, 0.25) is 0 Å². The molecule has 1 aliphatic carbocycles. The Morgan fingerprint density at radius 3 is 2.42 bits per heavy atom. The second kappa shape index (κ2) is 9.95. The Labute approximate surface area is 197 Å². The van der Waals surface area contributed by atoms with Crippen molar-refractivity contribution < 1.29 is 10.2 Å². The Kier molecular flexibility index (Phi) is 6.80. The summed E-state index contributed by atoms with van der Waals surface area (Å²) in [6.45, 7) is 4.33. The van der Waals surface area contributed by atoms with Gasteiger partial charge in [0, 0.05) is 49.0 Å². The molecule has 3 aliphatic rings. The van der Waals surface area contributed by atoms with Crippen LogP contribution >= 0.6 is 0 Å². The van der Waals surface area contributed by atoms with Crippen LogP contribution in [0.2, 0.25) is 0 Å². The largest absolute Gasteiger partial charge is 0.395 e. The number of aliphatic hydroxyl groups is 2. The summed E-state index contributed by atoms with van der Waals surface area (Å²) in [6.07, 6.45) is 9.79. The molecule has 1 aromatic heterocycles. The van der Waals surface area contributed by atoms with E-state index in [4.69, 9.17) is 0 Å². The molecule has 5 rings (SSSR count). The third kappa shape index (κ3) is 5.00. The summed E-state index contributed by atoms with van der Waals surface area (Å²) in [7, 11) is 0. The van der Waals surface area contributed by atoms with E-state index in [0.717, 1.165) is 57.4 Å². The van der Waals surface area contributed by atoms with Crippen LogP contribution in [-0.4, -0.2) is 68.9 Å². The standard InChI is InChI=1S/C28H35N3O2/c32-21-26-27(24-7-5-22(6-8-24)9-14-28(33)12-1-2-13-28)25-20-30(17-3-4-18-31(25)26)19-23-10-15-29-16-11-23/h5-8,10-11,15-16,25-27,32-33H,1-4,12-13,17-21H2/t25-,26-,27+/m1/s1. The van der Waals surface area contributed by atoms with Crippen LogP contribution in [-0.2, 0) is 6.54 Å². The minimum Gasteiger partial charge on any atom is -0.395 e. The van der Waals surface area contributed by atoms with E-state index in [1.807, 2.05) is 12.4 Å². The van der Waals surface area contributed by atoms with Crippen molar-refractivity contribution in [2.75, 3.05) is 26.2 Å². The van der Waals surface area contributed by atoms with E-state index in [9.17, 15) is 10.2 Å². The topological polar surface area (TPSA) is 59.8 Å². The number of hydrogen-bond acceptors (Lipinski definition) is 5. The van der Waals surface area contributed by atoms with Gasteiger partial charge in [0.1, 0.15) is 5.60 Å². The van der Waals surface area contributed by atoms with Gasteiger partial charge in [-0.05, 0) is 87.0 Å². The number of rotatable bonds is 4. The molecule has 2 aliphatic heterocycles. The molecule has 0 unspecified atom stereocenters. The number of benzene rings is 1. The van der Waals surface area contributed by atoms with Crippen LogP contribution in [0.25, 0.3) is 0 Å². The normalized spacial score (nSPS) is 27.5. The van der Waals surface area contributed by atoms with Crippen molar-refractivity contribution in [3.8, 4) is 11.8 Å². The highest BCUT2D eigenvalue weighted by molar-refractivity contribution is 5.40. The van der Waals surface area contributed by atoms with Crippen LogP contribution in [0, 0.1) is 11.8 Å². The first-order valence-corrected chi connectivity index (χ1v) is 12.5. The molecule has 5 heteroatoms. The van der Waals surface area contributed by atoms with Crippen molar-refractivity contribution in [3.63, 3.8) is 0 Å². The number of pyridine rings is 1. The van der Waals surface area contributed by atoms with Crippen molar-refractivity contribution in [3.05, 3.63) is 65.5 Å². The van der Waals surface area contributed by atoms with E-state index < -0.39 is 5.60 Å². The minimum atomic E-state index is -0.799. The van der Waals surface area contributed by atoms with E-state index in [1.54, 1.807) is 0 Å². The van der Waals surface area contributed by atoms with E-state index in [1.165, 1.54) is 24.0 Å². The lowest BCUT2D eigenvalue weighted by molar-refractivity contribution is -0.0655. The average Bonchev–Trinajstić information content (AvgIpc) is 3.26. The van der Waals surface area contributed by atoms with Crippen molar-refractivity contribution in [2.45, 2.75) is 68.7 Å². The molecule has 174 valence electrons. The summed E-state index contributed by atoms with van der Waals surface area (Å²) in [5.41, 5.74) is 2.74. The number of aliphatic hydroxyl groups excluding tert-OH is 1. The fourth-order valence-corrected chi connectivity index (χ4v) is 5.96. The molecule has 5 nitrogen and oxygen atoms in total. The summed E-state index contributed by atoms with van der Waals surface area (Å²) in [5, 5.41) is 20.7. The molecule has 2 aromatic rings. The second-order valence-corrected chi connectivity index (χ2v) is 9.99. The van der Waals surface area contributed by atoms with Crippen LogP contribution < -0.4 is 0 Å². The highest BCUT2D eigenvalue weighted by Gasteiger charge is 2.49. The molecule has 2 saturated heterocycles. The monoisotopic (exact) mass is 445 g/mol. The third-order valence-corrected chi connectivity index (χ3v) is 7.78. The van der Waals surface area contributed by atoms with Gasteiger partial charge in [0.15, 0.2) is 0 Å². The van der Waals surface area contributed by atoms with Crippen molar-refractivity contribution in [1.29, 1.82) is 0 Å². The second-order valence-electron chi connectivity index (χ2n) is 9.99. The lowest BCUT2D eigenvalue weighted by Crippen LogP contribution is -2.67. The summed E-state index contributed by atoms with van der Waals surface area (Å²) in [6, 6.07) is 13.3. The fraction of sp³-hybridized carbons (Fsp3) is 0.536. The van der Waals surface area contributed by atoms with Crippen LogP contribution in [0.4, 0.5) is 0 Å². The Morgan fingerprint density at radius 2 is 1.70 bits per heavy atom. The Hall–Kier alpha value is -2.23. The average molecular weight is 446 g/mol. The molecule has 1 aromatic carbocycles. The molecule has 3 heterocycles. The highest BCUT2D eigenvalue weighted by Crippen LogP contribution is 2.42. The van der Waals surface area contributed by atoms with Gasteiger partial charge in [-0.1, -0.05) is 24.0 Å². The van der Waals surface area contributed by atoms with Crippen molar-refractivity contribution in [2.24, 2.45) is 0 Å². The van der Waals surface area contributed by atoms with Crippen molar-refractivity contribution >= 4 is 0 Å². The minimum absolute atomic E-state index is 0.187. The van der Waals surface area contributed by atoms with E-state index >= 15 is 0 Å². The van der Waals surface area contributed by atoms with E-state index in [0.29, 0.717) is 12.0 Å². The quantitative estimate of drug-likeness (QED) is 0.708.